The summed E-state index contributed by atoms with van der Waals surface area (Å²) in [4.78, 5) is 37.7. The van der Waals surface area contributed by atoms with Gasteiger partial charge in [-0.15, -0.1) is 0 Å². The van der Waals surface area contributed by atoms with E-state index in [0.29, 0.717) is 19.3 Å². The Labute approximate surface area is 336 Å². The molecule has 0 fully saturated rings. The molecule has 0 aliphatic carbocycles. The van der Waals surface area contributed by atoms with Crippen molar-refractivity contribution in [1.29, 1.82) is 0 Å². The number of unbranched alkanes of at least 4 members (excludes halogenated alkanes) is 30. The number of ether oxygens (including phenoxy) is 3. The molecule has 0 aromatic carbocycles. The first-order chi connectivity index (χ1) is 26.4. The molecule has 0 amide bonds. The van der Waals surface area contributed by atoms with Gasteiger partial charge in [0.15, 0.2) is 6.10 Å². The van der Waals surface area contributed by atoms with Crippen LogP contribution in [0.2, 0.25) is 0 Å². The van der Waals surface area contributed by atoms with E-state index >= 15 is 0 Å². The molecule has 6 nitrogen and oxygen atoms in total. The number of hydrogen-bond acceptors (Lipinski definition) is 6. The molecule has 0 aromatic rings. The Kier molecular flexibility index (Phi) is 41.3. The van der Waals surface area contributed by atoms with Crippen LogP contribution in [0.5, 0.6) is 0 Å². The minimum atomic E-state index is -0.759. The highest BCUT2D eigenvalue weighted by atomic mass is 16.6. The summed E-state index contributed by atoms with van der Waals surface area (Å²) >= 11 is 0. The fraction of sp³-hybridized carbons (Fsp3) is 0.938. The zero-order valence-corrected chi connectivity index (χ0v) is 36.7. The van der Waals surface area contributed by atoms with Crippen LogP contribution in [0.25, 0.3) is 0 Å². The van der Waals surface area contributed by atoms with Crippen molar-refractivity contribution in [3.8, 4) is 0 Å². The maximum absolute atomic E-state index is 12.7. The first-order valence-corrected chi connectivity index (χ1v) is 23.9. The zero-order valence-electron chi connectivity index (χ0n) is 36.7. The summed E-state index contributed by atoms with van der Waals surface area (Å²) in [6, 6.07) is 0. The van der Waals surface area contributed by atoms with Gasteiger partial charge in [0.25, 0.3) is 0 Å². The van der Waals surface area contributed by atoms with E-state index in [1.165, 1.54) is 161 Å². The summed E-state index contributed by atoms with van der Waals surface area (Å²) < 4.78 is 16.7. The van der Waals surface area contributed by atoms with Crippen LogP contribution in [0.15, 0.2) is 0 Å². The molecule has 320 valence electrons. The highest BCUT2D eigenvalue weighted by Crippen LogP contribution is 2.16. The van der Waals surface area contributed by atoms with Gasteiger partial charge in [-0.3, -0.25) is 14.4 Å². The quantitative estimate of drug-likeness (QED) is 0.0349. The summed E-state index contributed by atoms with van der Waals surface area (Å²) in [5.41, 5.74) is 0. The monoisotopic (exact) mass is 765 g/mol. The van der Waals surface area contributed by atoms with Crippen molar-refractivity contribution in [2.75, 3.05) is 13.2 Å². The van der Waals surface area contributed by atoms with E-state index in [4.69, 9.17) is 14.2 Å². The molecule has 0 aliphatic heterocycles. The Bertz CT molecular complexity index is 811. The Hall–Kier alpha value is -1.59. The van der Waals surface area contributed by atoms with Crippen LogP contribution in [0.4, 0.5) is 0 Å². The highest BCUT2D eigenvalue weighted by Gasteiger charge is 2.19. The lowest BCUT2D eigenvalue weighted by Crippen LogP contribution is -2.30. The van der Waals surface area contributed by atoms with Gasteiger partial charge in [0, 0.05) is 19.3 Å². The normalized spacial score (nSPS) is 11.9. The molecule has 0 heterocycles. The molecule has 0 rings (SSSR count). The second kappa shape index (κ2) is 42.6. The third-order valence-electron chi connectivity index (χ3n) is 10.8. The van der Waals surface area contributed by atoms with Gasteiger partial charge in [0.2, 0.25) is 0 Å². The Balaban J connectivity index is 4.23. The molecule has 1 atom stereocenters. The zero-order chi connectivity index (χ0) is 39.6. The maximum Gasteiger partial charge on any atom is 0.306 e. The highest BCUT2D eigenvalue weighted by molar-refractivity contribution is 5.71. The van der Waals surface area contributed by atoms with E-state index in [1.54, 1.807) is 0 Å². The molecule has 0 saturated heterocycles. The van der Waals surface area contributed by atoms with Gasteiger partial charge in [0.05, 0.1) is 0 Å². The Morgan fingerprint density at radius 2 is 0.611 bits per heavy atom. The smallest absolute Gasteiger partial charge is 0.306 e. The predicted octanol–water partition coefficient (Wildman–Crippen LogP) is 15.1. The molecule has 0 saturated carbocycles. The van der Waals surface area contributed by atoms with E-state index in [2.05, 4.69) is 27.7 Å². The molecule has 0 spiro atoms. The van der Waals surface area contributed by atoms with Crippen LogP contribution in [0.3, 0.4) is 0 Å². The summed E-state index contributed by atoms with van der Waals surface area (Å²) in [5, 5.41) is 0. The predicted molar refractivity (Wildman–Crippen MR) is 229 cm³/mol. The molecule has 0 radical (unpaired) electrons. The van der Waals surface area contributed by atoms with Crippen LogP contribution >= 0.6 is 0 Å². The molecular weight excluding hydrogens is 673 g/mol. The lowest BCUT2D eigenvalue weighted by atomic mass is 10.0. The van der Waals surface area contributed by atoms with Crippen LogP contribution in [0.1, 0.15) is 265 Å². The summed E-state index contributed by atoms with van der Waals surface area (Å²) in [5.74, 6) is -0.0952. The van der Waals surface area contributed by atoms with Crippen molar-refractivity contribution in [2.45, 2.75) is 271 Å². The number of hydrogen-bond donors (Lipinski definition) is 0. The van der Waals surface area contributed by atoms with Crippen LogP contribution in [-0.4, -0.2) is 37.2 Å². The fourth-order valence-corrected chi connectivity index (χ4v) is 7.16. The first-order valence-electron chi connectivity index (χ1n) is 23.9. The van der Waals surface area contributed by atoms with E-state index in [1.807, 2.05) is 0 Å². The van der Waals surface area contributed by atoms with Crippen molar-refractivity contribution in [3.63, 3.8) is 0 Å². The van der Waals surface area contributed by atoms with E-state index in [0.717, 1.165) is 63.7 Å². The number of rotatable bonds is 43. The minimum absolute atomic E-state index is 0.0647. The topological polar surface area (TPSA) is 78.9 Å². The first kappa shape index (κ1) is 52.4. The van der Waals surface area contributed by atoms with E-state index < -0.39 is 6.10 Å². The number of carbonyl (C=O) groups excluding carboxylic acids is 3. The van der Waals surface area contributed by atoms with Crippen molar-refractivity contribution in [2.24, 2.45) is 5.92 Å². The van der Waals surface area contributed by atoms with Crippen molar-refractivity contribution in [1.82, 2.24) is 0 Å². The molecule has 0 aromatic heterocycles. The Morgan fingerprint density at radius 3 is 0.907 bits per heavy atom. The van der Waals surface area contributed by atoms with Gasteiger partial charge in [-0.05, 0) is 25.2 Å². The lowest BCUT2D eigenvalue weighted by molar-refractivity contribution is -0.167. The largest absolute Gasteiger partial charge is 0.462 e. The van der Waals surface area contributed by atoms with Crippen molar-refractivity contribution in [3.05, 3.63) is 0 Å². The second-order valence-electron chi connectivity index (χ2n) is 16.9. The van der Waals surface area contributed by atoms with Crippen LogP contribution < -0.4 is 0 Å². The fourth-order valence-electron chi connectivity index (χ4n) is 7.16. The van der Waals surface area contributed by atoms with Crippen molar-refractivity contribution >= 4 is 17.9 Å². The molecule has 0 unspecified atom stereocenters. The number of carbonyl (C=O) groups is 3. The van der Waals surface area contributed by atoms with Crippen LogP contribution in [-0.2, 0) is 28.6 Å². The van der Waals surface area contributed by atoms with E-state index in [-0.39, 0.29) is 31.1 Å². The lowest BCUT2D eigenvalue weighted by Gasteiger charge is -2.18. The van der Waals surface area contributed by atoms with Gasteiger partial charge < -0.3 is 14.2 Å². The molecular formula is C48H92O6. The second-order valence-corrected chi connectivity index (χ2v) is 16.9. The van der Waals surface area contributed by atoms with Crippen molar-refractivity contribution < 1.29 is 28.6 Å². The Morgan fingerprint density at radius 1 is 0.352 bits per heavy atom. The van der Waals surface area contributed by atoms with E-state index in [9.17, 15) is 14.4 Å². The van der Waals surface area contributed by atoms with Gasteiger partial charge in [0.1, 0.15) is 13.2 Å². The molecule has 0 bridgehead atoms. The summed E-state index contributed by atoms with van der Waals surface area (Å²) in [7, 11) is 0. The molecule has 54 heavy (non-hydrogen) atoms. The standard InChI is InChI=1S/C48H92O6/c1-5-7-9-11-13-15-16-17-18-19-20-21-22-23-25-27-33-37-41-48(51)54-45(42-52-46(49)39-35-31-26-24-14-12-10-8-6-2)43-53-47(50)40-36-32-29-28-30-34-38-44(3)4/h44-45H,5-43H2,1-4H3/t45-/m0/s1. The summed E-state index contributed by atoms with van der Waals surface area (Å²) in [6.45, 7) is 8.92. The third-order valence-corrected chi connectivity index (χ3v) is 10.8. The maximum atomic E-state index is 12.7. The SMILES string of the molecule is CCCCCCCCCCCCCCCCCCCCC(=O)O[C@@H](COC(=O)CCCCCCCCCCC)COC(=O)CCCCCCCCC(C)C. The van der Waals surface area contributed by atoms with Gasteiger partial charge in [-0.25, -0.2) is 0 Å². The molecule has 0 N–H and O–H groups in total. The van der Waals surface area contributed by atoms with Crippen LogP contribution in [0, 0.1) is 5.92 Å². The third kappa shape index (κ3) is 41.6. The van der Waals surface area contributed by atoms with Gasteiger partial charge in [-0.2, -0.15) is 0 Å². The minimum Gasteiger partial charge on any atom is -0.462 e. The number of esters is 3. The molecule has 6 heteroatoms. The molecule has 0 aliphatic rings. The van der Waals surface area contributed by atoms with Gasteiger partial charge in [-0.1, -0.05) is 227 Å². The average molecular weight is 765 g/mol. The average Bonchev–Trinajstić information content (AvgIpc) is 3.15. The van der Waals surface area contributed by atoms with Gasteiger partial charge >= 0.3 is 17.9 Å². The summed E-state index contributed by atoms with van der Waals surface area (Å²) in [6.07, 6.45) is 42.5.